The van der Waals surface area contributed by atoms with Crippen LogP contribution in [0.4, 0.5) is 17.8 Å². The first-order valence-corrected chi connectivity index (χ1v) is 10.2. The van der Waals surface area contributed by atoms with Gasteiger partial charge >= 0.3 is 0 Å². The van der Waals surface area contributed by atoms with Gasteiger partial charge in [0.25, 0.3) is 0 Å². The van der Waals surface area contributed by atoms with E-state index in [0.717, 1.165) is 43.1 Å². The van der Waals surface area contributed by atoms with Crippen molar-refractivity contribution < 1.29 is 0 Å². The van der Waals surface area contributed by atoms with Crippen molar-refractivity contribution >= 4 is 29.4 Å². The second kappa shape index (κ2) is 9.64. The number of aromatic nitrogens is 5. The first-order valence-electron chi connectivity index (χ1n) is 9.87. The summed E-state index contributed by atoms with van der Waals surface area (Å²) in [5.74, 6) is 1.67. The van der Waals surface area contributed by atoms with E-state index >= 15 is 0 Å². The van der Waals surface area contributed by atoms with Crippen LogP contribution in [0.2, 0.25) is 5.02 Å². The van der Waals surface area contributed by atoms with E-state index in [2.05, 4.69) is 45.8 Å². The SMILES string of the molecule is Cc1cnc(CNc2nc(NCc3ccc(Cl)cc3)nc(N3CCNCC3)n2)cn1. The monoisotopic (exact) mass is 425 g/mol. The van der Waals surface area contributed by atoms with Gasteiger partial charge in [-0.25, -0.2) is 0 Å². The number of benzene rings is 1. The Morgan fingerprint density at radius 2 is 1.63 bits per heavy atom. The third-order valence-corrected chi connectivity index (χ3v) is 4.90. The summed E-state index contributed by atoms with van der Waals surface area (Å²) in [5, 5.41) is 10.6. The molecule has 0 atom stereocenters. The van der Waals surface area contributed by atoms with Crippen LogP contribution in [0.5, 0.6) is 0 Å². The molecule has 0 amide bonds. The lowest BCUT2D eigenvalue weighted by molar-refractivity contribution is 0.579. The lowest BCUT2D eigenvalue weighted by Crippen LogP contribution is -2.44. The Balaban J connectivity index is 1.50. The van der Waals surface area contributed by atoms with Crippen LogP contribution < -0.4 is 20.9 Å². The minimum atomic E-state index is 0.481. The van der Waals surface area contributed by atoms with E-state index in [1.807, 2.05) is 31.2 Å². The molecule has 0 spiro atoms. The van der Waals surface area contributed by atoms with Gasteiger partial charge in [-0.1, -0.05) is 23.7 Å². The highest BCUT2D eigenvalue weighted by Crippen LogP contribution is 2.16. The summed E-state index contributed by atoms with van der Waals surface area (Å²) < 4.78 is 0. The molecule has 0 bridgehead atoms. The van der Waals surface area contributed by atoms with Crippen molar-refractivity contribution in [2.45, 2.75) is 20.0 Å². The van der Waals surface area contributed by atoms with Crippen molar-refractivity contribution in [1.82, 2.24) is 30.2 Å². The molecule has 3 N–H and O–H groups in total. The smallest absolute Gasteiger partial charge is 0.232 e. The van der Waals surface area contributed by atoms with E-state index in [-0.39, 0.29) is 0 Å². The standard InChI is InChI=1S/C20H24ClN9/c1-14-10-24-17(12-23-14)13-26-19-27-18(25-11-15-2-4-16(21)5-3-15)28-20(29-19)30-8-6-22-7-9-30/h2-5,10,12,22H,6-9,11,13H2,1H3,(H2,25,26,27,28,29). The maximum Gasteiger partial charge on any atom is 0.232 e. The Bertz CT molecular complexity index is 889. The van der Waals surface area contributed by atoms with Crippen molar-refractivity contribution in [2.24, 2.45) is 0 Å². The molecule has 10 heteroatoms. The van der Waals surface area contributed by atoms with Crippen molar-refractivity contribution in [3.05, 3.63) is 58.6 Å². The number of aryl methyl sites for hydroxylation is 1. The van der Waals surface area contributed by atoms with Gasteiger partial charge in [0, 0.05) is 43.9 Å². The third kappa shape index (κ3) is 5.52. The molecule has 3 heterocycles. The minimum absolute atomic E-state index is 0.481. The van der Waals surface area contributed by atoms with Gasteiger partial charge < -0.3 is 20.9 Å². The van der Waals surface area contributed by atoms with Gasteiger partial charge in [-0.3, -0.25) is 9.97 Å². The van der Waals surface area contributed by atoms with Crippen LogP contribution >= 0.6 is 11.6 Å². The molecular weight excluding hydrogens is 402 g/mol. The molecular formula is C20H24ClN9. The highest BCUT2D eigenvalue weighted by Gasteiger charge is 2.16. The molecule has 9 nitrogen and oxygen atoms in total. The first-order chi connectivity index (χ1) is 14.7. The zero-order valence-corrected chi connectivity index (χ0v) is 17.5. The Kier molecular flexibility index (Phi) is 6.50. The lowest BCUT2D eigenvalue weighted by Gasteiger charge is -2.27. The van der Waals surface area contributed by atoms with Crippen LogP contribution in [0.15, 0.2) is 36.7 Å². The van der Waals surface area contributed by atoms with E-state index in [1.54, 1.807) is 12.4 Å². The molecule has 0 radical (unpaired) electrons. The Morgan fingerprint density at radius 3 is 2.30 bits per heavy atom. The van der Waals surface area contributed by atoms with Crippen LogP contribution in [0.3, 0.4) is 0 Å². The molecule has 4 rings (SSSR count). The quantitative estimate of drug-likeness (QED) is 0.525. The molecule has 30 heavy (non-hydrogen) atoms. The van der Waals surface area contributed by atoms with Gasteiger partial charge in [0.1, 0.15) is 0 Å². The van der Waals surface area contributed by atoms with Crippen LogP contribution in [-0.4, -0.2) is 51.1 Å². The molecule has 1 fully saturated rings. The van der Waals surface area contributed by atoms with Crippen LogP contribution in [0, 0.1) is 6.92 Å². The minimum Gasteiger partial charge on any atom is -0.350 e. The fraction of sp³-hybridized carbons (Fsp3) is 0.350. The van der Waals surface area contributed by atoms with Gasteiger partial charge in [0.2, 0.25) is 17.8 Å². The third-order valence-electron chi connectivity index (χ3n) is 4.65. The largest absolute Gasteiger partial charge is 0.350 e. The van der Waals surface area contributed by atoms with E-state index in [0.29, 0.717) is 36.0 Å². The second-order valence-electron chi connectivity index (χ2n) is 7.00. The van der Waals surface area contributed by atoms with E-state index in [4.69, 9.17) is 11.6 Å². The number of piperazine rings is 1. The van der Waals surface area contributed by atoms with E-state index < -0.39 is 0 Å². The summed E-state index contributed by atoms with van der Waals surface area (Å²) >= 11 is 5.97. The highest BCUT2D eigenvalue weighted by atomic mass is 35.5. The summed E-state index contributed by atoms with van der Waals surface area (Å²) in [7, 11) is 0. The van der Waals surface area contributed by atoms with E-state index in [1.165, 1.54) is 0 Å². The molecule has 3 aromatic rings. The maximum absolute atomic E-state index is 5.97. The number of rotatable bonds is 7. The lowest BCUT2D eigenvalue weighted by atomic mass is 10.2. The first kappa shape index (κ1) is 20.2. The van der Waals surface area contributed by atoms with Gasteiger partial charge in [-0.2, -0.15) is 15.0 Å². The number of nitrogens with one attached hydrogen (secondary N) is 3. The maximum atomic E-state index is 5.97. The topological polar surface area (TPSA) is 104 Å². The average Bonchev–Trinajstić information content (AvgIpc) is 2.79. The number of anilines is 3. The summed E-state index contributed by atoms with van der Waals surface area (Å²) in [6.07, 6.45) is 3.50. The zero-order valence-electron chi connectivity index (χ0n) is 16.8. The molecule has 0 saturated carbocycles. The van der Waals surface area contributed by atoms with Gasteiger partial charge in [0.05, 0.1) is 24.1 Å². The number of nitrogens with zero attached hydrogens (tertiary/aromatic N) is 6. The van der Waals surface area contributed by atoms with Crippen molar-refractivity contribution in [2.75, 3.05) is 41.7 Å². The predicted molar refractivity (Wildman–Crippen MR) is 118 cm³/mol. The summed E-state index contributed by atoms with van der Waals surface area (Å²) in [6.45, 7) is 6.49. The van der Waals surface area contributed by atoms with Crippen molar-refractivity contribution in [3.8, 4) is 0 Å². The summed E-state index contributed by atoms with van der Waals surface area (Å²) in [6, 6.07) is 7.69. The summed E-state index contributed by atoms with van der Waals surface area (Å²) in [5.41, 5.74) is 2.79. The zero-order chi connectivity index (χ0) is 20.8. The van der Waals surface area contributed by atoms with Gasteiger partial charge in [-0.05, 0) is 24.6 Å². The molecule has 1 aromatic carbocycles. The molecule has 1 aliphatic heterocycles. The molecule has 1 aliphatic rings. The molecule has 2 aromatic heterocycles. The van der Waals surface area contributed by atoms with Crippen LogP contribution in [0.1, 0.15) is 17.0 Å². The van der Waals surface area contributed by atoms with Crippen molar-refractivity contribution in [3.63, 3.8) is 0 Å². The molecule has 1 saturated heterocycles. The summed E-state index contributed by atoms with van der Waals surface area (Å²) in [4.78, 5) is 24.6. The number of hydrogen-bond donors (Lipinski definition) is 3. The fourth-order valence-corrected chi connectivity index (χ4v) is 3.12. The number of halogens is 1. The van der Waals surface area contributed by atoms with Gasteiger partial charge in [0.15, 0.2) is 0 Å². The predicted octanol–water partition coefficient (Wildman–Crippen LogP) is 2.26. The molecule has 0 unspecified atom stereocenters. The Morgan fingerprint density at radius 1 is 0.933 bits per heavy atom. The van der Waals surface area contributed by atoms with Crippen LogP contribution in [-0.2, 0) is 13.1 Å². The Hall–Kier alpha value is -3.04. The van der Waals surface area contributed by atoms with Crippen molar-refractivity contribution in [1.29, 1.82) is 0 Å². The average molecular weight is 426 g/mol. The second-order valence-corrected chi connectivity index (χ2v) is 7.44. The number of hydrogen-bond acceptors (Lipinski definition) is 9. The van der Waals surface area contributed by atoms with E-state index in [9.17, 15) is 0 Å². The normalized spacial score (nSPS) is 13.9. The van der Waals surface area contributed by atoms with Crippen LogP contribution in [0.25, 0.3) is 0 Å². The highest BCUT2D eigenvalue weighted by molar-refractivity contribution is 6.30. The molecule has 0 aliphatic carbocycles. The molecule has 156 valence electrons. The Labute approximate surface area is 180 Å². The van der Waals surface area contributed by atoms with Gasteiger partial charge in [-0.15, -0.1) is 0 Å². The fourth-order valence-electron chi connectivity index (χ4n) is 2.99.